The third-order valence-electron chi connectivity index (χ3n) is 3.20. The molecule has 0 fully saturated rings. The number of H-pyrrole nitrogens is 1. The van der Waals surface area contributed by atoms with Gasteiger partial charge in [0.25, 0.3) is 5.56 Å². The summed E-state index contributed by atoms with van der Waals surface area (Å²) in [6, 6.07) is 6.07. The van der Waals surface area contributed by atoms with Gasteiger partial charge in [0.05, 0.1) is 0 Å². The van der Waals surface area contributed by atoms with E-state index in [9.17, 15) is 4.79 Å². The van der Waals surface area contributed by atoms with Crippen molar-refractivity contribution in [2.45, 2.75) is 34.1 Å². The average Bonchev–Trinajstić information content (AvgIpc) is 2.34. The standard InChI is InChI=1S/C16H18INO2/c1-5-13-11(4)18-16(19)14(17)15(13)20-12-7-9(2)6-10(3)8-12/h6-8H,5H2,1-4H3,(H,18,19). The number of ether oxygens (including phenoxy) is 1. The molecule has 0 aliphatic carbocycles. The van der Waals surface area contributed by atoms with Gasteiger partial charge in [0.1, 0.15) is 9.32 Å². The molecule has 2 rings (SSSR count). The van der Waals surface area contributed by atoms with E-state index in [1.165, 1.54) is 0 Å². The SMILES string of the molecule is CCc1c(C)[nH]c(=O)c(I)c1Oc1cc(C)cc(C)c1. The Kier molecular flexibility index (Phi) is 4.52. The number of benzene rings is 1. The predicted molar refractivity (Wildman–Crippen MR) is 89.9 cm³/mol. The Hall–Kier alpha value is -1.30. The molecular formula is C16H18INO2. The van der Waals surface area contributed by atoms with Crippen molar-refractivity contribution in [2.75, 3.05) is 0 Å². The number of hydrogen-bond donors (Lipinski definition) is 1. The van der Waals surface area contributed by atoms with Gasteiger partial charge in [0.2, 0.25) is 0 Å². The fraction of sp³-hybridized carbons (Fsp3) is 0.312. The highest BCUT2D eigenvalue weighted by atomic mass is 127. The molecule has 0 amide bonds. The van der Waals surface area contributed by atoms with Gasteiger partial charge in [-0.2, -0.15) is 0 Å². The van der Waals surface area contributed by atoms with Crippen LogP contribution >= 0.6 is 22.6 Å². The second-order valence-corrected chi connectivity index (χ2v) is 6.06. The summed E-state index contributed by atoms with van der Waals surface area (Å²) in [6.45, 7) is 8.04. The number of nitrogens with one attached hydrogen (secondary N) is 1. The van der Waals surface area contributed by atoms with Crippen LogP contribution in [0.15, 0.2) is 23.0 Å². The van der Waals surface area contributed by atoms with Crippen LogP contribution in [-0.2, 0) is 6.42 Å². The Labute approximate surface area is 132 Å². The van der Waals surface area contributed by atoms with Crippen LogP contribution in [0.1, 0.15) is 29.3 Å². The first kappa shape index (κ1) is 15.1. The van der Waals surface area contributed by atoms with Gasteiger partial charge in [-0.15, -0.1) is 0 Å². The van der Waals surface area contributed by atoms with Gasteiger partial charge in [-0.25, -0.2) is 0 Å². The van der Waals surface area contributed by atoms with E-state index in [-0.39, 0.29) is 5.56 Å². The van der Waals surface area contributed by atoms with Gasteiger partial charge in [-0.05, 0) is 73.0 Å². The zero-order chi connectivity index (χ0) is 14.9. The molecule has 2 aromatic rings. The minimum Gasteiger partial charge on any atom is -0.456 e. The Morgan fingerprint density at radius 3 is 2.30 bits per heavy atom. The van der Waals surface area contributed by atoms with Crippen molar-refractivity contribution in [2.24, 2.45) is 0 Å². The quantitative estimate of drug-likeness (QED) is 0.805. The smallest absolute Gasteiger partial charge is 0.265 e. The average molecular weight is 383 g/mol. The fourth-order valence-corrected chi connectivity index (χ4v) is 2.92. The van der Waals surface area contributed by atoms with Crippen molar-refractivity contribution in [3.63, 3.8) is 0 Å². The molecule has 4 heteroatoms. The second kappa shape index (κ2) is 5.99. The van der Waals surface area contributed by atoms with Crippen LogP contribution in [0.3, 0.4) is 0 Å². The van der Waals surface area contributed by atoms with Gasteiger partial charge in [0, 0.05) is 11.3 Å². The molecule has 0 saturated heterocycles. The maximum Gasteiger partial charge on any atom is 0.265 e. The molecule has 0 atom stereocenters. The molecule has 1 aromatic heterocycles. The largest absolute Gasteiger partial charge is 0.456 e. The van der Waals surface area contributed by atoms with E-state index in [4.69, 9.17) is 4.74 Å². The molecule has 1 N–H and O–H groups in total. The molecule has 1 aromatic carbocycles. The number of aryl methyl sites for hydroxylation is 3. The monoisotopic (exact) mass is 383 g/mol. The molecule has 0 aliphatic heterocycles. The molecule has 1 heterocycles. The Balaban J connectivity index is 2.55. The van der Waals surface area contributed by atoms with E-state index in [2.05, 4.69) is 18.0 Å². The lowest BCUT2D eigenvalue weighted by Gasteiger charge is -2.14. The summed E-state index contributed by atoms with van der Waals surface area (Å²) in [7, 11) is 0. The minimum absolute atomic E-state index is 0.0975. The van der Waals surface area contributed by atoms with E-state index >= 15 is 0 Å². The molecule has 0 bridgehead atoms. The second-order valence-electron chi connectivity index (χ2n) is 4.98. The normalized spacial score (nSPS) is 10.7. The van der Waals surface area contributed by atoms with Gasteiger partial charge in [-0.1, -0.05) is 13.0 Å². The molecule has 0 spiro atoms. The summed E-state index contributed by atoms with van der Waals surface area (Å²) in [5, 5.41) is 0. The van der Waals surface area contributed by atoms with Crippen LogP contribution in [0, 0.1) is 24.3 Å². The Morgan fingerprint density at radius 2 is 1.75 bits per heavy atom. The van der Waals surface area contributed by atoms with E-state index in [0.29, 0.717) is 9.32 Å². The first-order valence-electron chi connectivity index (χ1n) is 6.59. The third-order valence-corrected chi connectivity index (χ3v) is 4.17. The molecule has 0 radical (unpaired) electrons. The highest BCUT2D eigenvalue weighted by molar-refractivity contribution is 14.1. The number of rotatable bonds is 3. The molecule has 0 saturated carbocycles. The van der Waals surface area contributed by atoms with E-state index in [1.54, 1.807) is 0 Å². The highest BCUT2D eigenvalue weighted by Crippen LogP contribution is 2.31. The maximum absolute atomic E-state index is 11.9. The highest BCUT2D eigenvalue weighted by Gasteiger charge is 2.15. The van der Waals surface area contributed by atoms with Crippen LogP contribution in [-0.4, -0.2) is 4.98 Å². The van der Waals surface area contributed by atoms with Crippen LogP contribution in [0.4, 0.5) is 0 Å². The fourth-order valence-electron chi connectivity index (χ4n) is 2.35. The summed E-state index contributed by atoms with van der Waals surface area (Å²) in [6.07, 6.45) is 0.818. The Morgan fingerprint density at radius 1 is 1.15 bits per heavy atom. The molecule has 0 aliphatic rings. The van der Waals surface area contributed by atoms with Crippen molar-refractivity contribution in [1.82, 2.24) is 4.98 Å². The Bertz CT molecular complexity index is 684. The van der Waals surface area contributed by atoms with Gasteiger partial charge < -0.3 is 9.72 Å². The van der Waals surface area contributed by atoms with Crippen molar-refractivity contribution in [3.05, 3.63) is 54.5 Å². The van der Waals surface area contributed by atoms with Crippen LogP contribution in [0.5, 0.6) is 11.5 Å². The molecule has 3 nitrogen and oxygen atoms in total. The summed E-state index contributed by atoms with van der Waals surface area (Å²) < 4.78 is 6.63. The van der Waals surface area contributed by atoms with Gasteiger partial charge in [0.15, 0.2) is 5.75 Å². The van der Waals surface area contributed by atoms with E-state index < -0.39 is 0 Å². The number of aromatic amines is 1. The van der Waals surface area contributed by atoms with E-state index in [1.807, 2.05) is 55.5 Å². The topological polar surface area (TPSA) is 42.1 Å². The van der Waals surface area contributed by atoms with Crippen LogP contribution in [0.2, 0.25) is 0 Å². The van der Waals surface area contributed by atoms with Crippen molar-refractivity contribution in [3.8, 4) is 11.5 Å². The lowest BCUT2D eigenvalue weighted by Crippen LogP contribution is -2.15. The molecule has 106 valence electrons. The first-order valence-corrected chi connectivity index (χ1v) is 7.67. The van der Waals surface area contributed by atoms with Crippen molar-refractivity contribution >= 4 is 22.6 Å². The van der Waals surface area contributed by atoms with Crippen LogP contribution in [0.25, 0.3) is 0 Å². The van der Waals surface area contributed by atoms with Gasteiger partial charge >= 0.3 is 0 Å². The maximum atomic E-state index is 11.9. The van der Waals surface area contributed by atoms with Crippen molar-refractivity contribution < 1.29 is 4.74 Å². The van der Waals surface area contributed by atoms with E-state index in [0.717, 1.165) is 34.6 Å². The number of halogens is 1. The molecule has 0 unspecified atom stereocenters. The number of pyridine rings is 1. The first-order chi connectivity index (χ1) is 9.42. The number of hydrogen-bond acceptors (Lipinski definition) is 2. The zero-order valence-corrected chi connectivity index (χ0v) is 14.3. The summed E-state index contributed by atoms with van der Waals surface area (Å²) in [4.78, 5) is 14.8. The summed E-state index contributed by atoms with van der Waals surface area (Å²) in [5.41, 5.74) is 4.12. The third kappa shape index (κ3) is 3.06. The minimum atomic E-state index is -0.0975. The van der Waals surface area contributed by atoms with Crippen molar-refractivity contribution in [1.29, 1.82) is 0 Å². The zero-order valence-electron chi connectivity index (χ0n) is 12.1. The summed E-state index contributed by atoms with van der Waals surface area (Å²) >= 11 is 2.05. The summed E-state index contributed by atoms with van der Waals surface area (Å²) in [5.74, 6) is 1.46. The molecule has 20 heavy (non-hydrogen) atoms. The lowest BCUT2D eigenvalue weighted by molar-refractivity contribution is 0.469. The van der Waals surface area contributed by atoms with Crippen LogP contribution < -0.4 is 10.3 Å². The van der Waals surface area contributed by atoms with Gasteiger partial charge in [-0.3, -0.25) is 4.79 Å². The molecular weight excluding hydrogens is 365 g/mol. The predicted octanol–water partition coefficient (Wildman–Crippen LogP) is 4.26. The number of aromatic nitrogens is 1. The lowest BCUT2D eigenvalue weighted by atomic mass is 10.1.